The largest absolute Gasteiger partial charge is 0.506 e. The lowest BCUT2D eigenvalue weighted by molar-refractivity contribution is -0.145. The fourth-order valence-electron chi connectivity index (χ4n) is 3.50. The first-order valence-electron chi connectivity index (χ1n) is 11.5. The summed E-state index contributed by atoms with van der Waals surface area (Å²) in [6, 6.07) is 0. The normalized spacial score (nSPS) is 11.0. The maximum Gasteiger partial charge on any atom is 0.306 e. The van der Waals surface area contributed by atoms with E-state index in [1.54, 1.807) is 13.1 Å². The van der Waals surface area contributed by atoms with Gasteiger partial charge in [0.15, 0.2) is 0 Å². The smallest absolute Gasteiger partial charge is 0.306 e. The molecule has 1 heterocycles. The molecule has 0 unspecified atom stereocenters. The van der Waals surface area contributed by atoms with Crippen molar-refractivity contribution in [3.8, 4) is 5.75 Å². The van der Waals surface area contributed by atoms with Crippen molar-refractivity contribution < 1.29 is 19.7 Å². The molecule has 0 bridgehead atoms. The summed E-state index contributed by atoms with van der Waals surface area (Å²) >= 11 is 0. The minimum absolute atomic E-state index is 0.0301. The van der Waals surface area contributed by atoms with Gasteiger partial charge in [0.2, 0.25) is 0 Å². The van der Waals surface area contributed by atoms with Crippen LogP contribution in [0.4, 0.5) is 0 Å². The summed E-state index contributed by atoms with van der Waals surface area (Å²) in [6.45, 7) is 3.65. The molecule has 0 saturated carbocycles. The van der Waals surface area contributed by atoms with Crippen LogP contribution in [-0.4, -0.2) is 21.2 Å². The zero-order chi connectivity index (χ0) is 21.3. The van der Waals surface area contributed by atoms with Gasteiger partial charge >= 0.3 is 5.97 Å². The van der Waals surface area contributed by atoms with Crippen LogP contribution in [0, 0.1) is 6.92 Å². The minimum atomic E-state index is -0.305. The number of unbranched alkanes of at least 4 members (excludes halogenated alkanes) is 12. The molecule has 5 nitrogen and oxygen atoms in total. The van der Waals surface area contributed by atoms with Crippen molar-refractivity contribution >= 4 is 5.97 Å². The highest BCUT2D eigenvalue weighted by Crippen LogP contribution is 2.24. The molecular weight excluding hydrogens is 366 g/mol. The SMILES string of the molecule is CCCCCCCCCCCCCCCC(=O)OCc1cnc(C)c(O)c1CO. The van der Waals surface area contributed by atoms with Gasteiger partial charge < -0.3 is 14.9 Å². The van der Waals surface area contributed by atoms with Gasteiger partial charge in [-0.3, -0.25) is 9.78 Å². The molecule has 0 aliphatic carbocycles. The standard InChI is InChI=1S/C24H41NO4/c1-3-4-5-6-7-8-9-10-11-12-13-14-15-16-23(27)29-19-21-17-25-20(2)24(28)22(21)18-26/h17,26,28H,3-16,18-19H2,1-2H3. The van der Waals surface area contributed by atoms with Crippen LogP contribution in [0.25, 0.3) is 0 Å². The van der Waals surface area contributed by atoms with Crippen molar-refractivity contribution in [3.63, 3.8) is 0 Å². The number of nitrogens with zero attached hydrogens (tertiary/aromatic N) is 1. The number of aromatic hydroxyl groups is 1. The lowest BCUT2D eigenvalue weighted by Crippen LogP contribution is -2.07. The molecule has 0 fully saturated rings. The van der Waals surface area contributed by atoms with E-state index in [1.165, 1.54) is 70.6 Å². The van der Waals surface area contributed by atoms with Gasteiger partial charge in [0.25, 0.3) is 0 Å². The van der Waals surface area contributed by atoms with E-state index in [-0.39, 0.29) is 24.9 Å². The number of ether oxygens (including phenoxy) is 1. The number of rotatable bonds is 17. The highest BCUT2D eigenvalue weighted by Gasteiger charge is 2.12. The Hall–Kier alpha value is -1.62. The molecule has 0 aromatic carbocycles. The topological polar surface area (TPSA) is 79.7 Å². The zero-order valence-corrected chi connectivity index (χ0v) is 18.5. The second kappa shape index (κ2) is 16.2. The van der Waals surface area contributed by atoms with Crippen molar-refractivity contribution in [2.24, 2.45) is 0 Å². The number of carbonyl (C=O) groups is 1. The molecule has 0 aliphatic heterocycles. The Kier molecular flexibility index (Phi) is 14.2. The lowest BCUT2D eigenvalue weighted by Gasteiger charge is -2.11. The minimum Gasteiger partial charge on any atom is -0.506 e. The van der Waals surface area contributed by atoms with Gasteiger partial charge in [-0.05, 0) is 13.3 Å². The molecule has 0 spiro atoms. The summed E-state index contributed by atoms with van der Waals surface area (Å²) in [7, 11) is 0. The van der Waals surface area contributed by atoms with Gasteiger partial charge in [-0.25, -0.2) is 0 Å². The first kappa shape index (κ1) is 25.4. The molecule has 1 aromatic rings. The zero-order valence-electron chi connectivity index (χ0n) is 18.5. The maximum absolute atomic E-state index is 11.9. The van der Waals surface area contributed by atoms with Gasteiger partial charge in [0, 0.05) is 23.7 Å². The van der Waals surface area contributed by atoms with E-state index in [9.17, 15) is 15.0 Å². The van der Waals surface area contributed by atoms with Crippen LogP contribution in [0.2, 0.25) is 0 Å². The summed E-state index contributed by atoms with van der Waals surface area (Å²) in [5.74, 6) is -0.269. The Morgan fingerprint density at radius 1 is 0.931 bits per heavy atom. The van der Waals surface area contributed by atoms with Gasteiger partial charge in [-0.2, -0.15) is 0 Å². The highest BCUT2D eigenvalue weighted by molar-refractivity contribution is 5.69. The number of aromatic nitrogens is 1. The monoisotopic (exact) mass is 407 g/mol. The summed E-state index contributed by atoms with van der Waals surface area (Å²) in [5.41, 5.74) is 1.39. The van der Waals surface area contributed by atoms with Crippen LogP contribution in [0.5, 0.6) is 5.75 Å². The van der Waals surface area contributed by atoms with Crippen LogP contribution in [-0.2, 0) is 22.7 Å². The number of esters is 1. The molecule has 2 N–H and O–H groups in total. The van der Waals surface area contributed by atoms with E-state index in [2.05, 4.69) is 11.9 Å². The first-order valence-corrected chi connectivity index (χ1v) is 11.5. The van der Waals surface area contributed by atoms with Crippen LogP contribution in [0.1, 0.15) is 114 Å². The Balaban J connectivity index is 2.01. The highest BCUT2D eigenvalue weighted by atomic mass is 16.5. The summed E-state index contributed by atoms with van der Waals surface area (Å²) in [4.78, 5) is 16.0. The van der Waals surface area contributed by atoms with Crippen molar-refractivity contribution in [1.82, 2.24) is 4.98 Å². The van der Waals surface area contributed by atoms with Crippen molar-refractivity contribution in [2.75, 3.05) is 0 Å². The Bertz CT molecular complexity index is 574. The summed E-state index contributed by atoms with van der Waals surface area (Å²) < 4.78 is 5.27. The molecule has 166 valence electrons. The number of hydrogen-bond donors (Lipinski definition) is 2. The third kappa shape index (κ3) is 11.2. The van der Waals surface area contributed by atoms with E-state index in [0.717, 1.165) is 12.8 Å². The fourth-order valence-corrected chi connectivity index (χ4v) is 3.50. The molecule has 0 saturated heterocycles. The molecule has 0 aliphatic rings. The summed E-state index contributed by atoms with van der Waals surface area (Å²) in [6.07, 6.45) is 18.5. The number of hydrogen-bond acceptors (Lipinski definition) is 5. The first-order chi connectivity index (χ1) is 14.1. The average Bonchev–Trinajstić information content (AvgIpc) is 2.72. The van der Waals surface area contributed by atoms with Gasteiger partial charge in [-0.15, -0.1) is 0 Å². The van der Waals surface area contributed by atoms with Crippen molar-refractivity contribution in [3.05, 3.63) is 23.0 Å². The molecule has 29 heavy (non-hydrogen) atoms. The van der Waals surface area contributed by atoms with Gasteiger partial charge in [-0.1, -0.05) is 84.0 Å². The van der Waals surface area contributed by atoms with E-state index < -0.39 is 0 Å². The van der Waals surface area contributed by atoms with E-state index in [0.29, 0.717) is 23.2 Å². The van der Waals surface area contributed by atoms with E-state index >= 15 is 0 Å². The second-order valence-electron chi connectivity index (χ2n) is 8.01. The Morgan fingerprint density at radius 3 is 1.97 bits per heavy atom. The molecule has 0 amide bonds. The van der Waals surface area contributed by atoms with E-state index in [1.807, 2.05) is 0 Å². The predicted molar refractivity (Wildman–Crippen MR) is 117 cm³/mol. The van der Waals surface area contributed by atoms with Crippen LogP contribution in [0.15, 0.2) is 6.20 Å². The van der Waals surface area contributed by atoms with Gasteiger partial charge in [0.05, 0.1) is 12.3 Å². The predicted octanol–water partition coefficient (Wildman–Crippen LogP) is 6.11. The van der Waals surface area contributed by atoms with Crippen LogP contribution < -0.4 is 0 Å². The number of pyridine rings is 1. The van der Waals surface area contributed by atoms with E-state index in [4.69, 9.17) is 4.74 Å². The lowest BCUT2D eigenvalue weighted by atomic mass is 10.0. The third-order valence-corrected chi connectivity index (χ3v) is 5.46. The number of aliphatic hydroxyl groups is 1. The molecule has 0 radical (unpaired) electrons. The summed E-state index contributed by atoms with van der Waals surface area (Å²) in [5, 5.41) is 19.3. The molecule has 5 heteroatoms. The quantitative estimate of drug-likeness (QED) is 0.240. The maximum atomic E-state index is 11.9. The molecular formula is C24H41NO4. The number of carbonyl (C=O) groups excluding carboxylic acids is 1. The average molecular weight is 408 g/mol. The molecule has 1 aromatic heterocycles. The Morgan fingerprint density at radius 2 is 1.45 bits per heavy atom. The van der Waals surface area contributed by atoms with Gasteiger partial charge in [0.1, 0.15) is 12.4 Å². The van der Waals surface area contributed by atoms with Crippen molar-refractivity contribution in [1.29, 1.82) is 0 Å². The molecule has 1 rings (SSSR count). The third-order valence-electron chi connectivity index (χ3n) is 5.46. The Labute approximate surface area is 176 Å². The number of aliphatic hydroxyl groups excluding tert-OH is 1. The van der Waals surface area contributed by atoms with Crippen LogP contribution in [0.3, 0.4) is 0 Å². The van der Waals surface area contributed by atoms with Crippen LogP contribution >= 0.6 is 0 Å². The fraction of sp³-hybridized carbons (Fsp3) is 0.750. The van der Waals surface area contributed by atoms with Crippen molar-refractivity contribution in [2.45, 2.75) is 117 Å². The molecule has 0 atom stereocenters. The number of aryl methyl sites for hydroxylation is 1. The second-order valence-corrected chi connectivity index (χ2v) is 8.01.